The summed E-state index contributed by atoms with van der Waals surface area (Å²) in [7, 11) is -3.17. The van der Waals surface area contributed by atoms with E-state index < -0.39 is 9.84 Å². The number of benzene rings is 1. The SMILES string of the molecule is CC(C)NCCCc1nc2ccc(S(C)(=O)=O)cc2[nH]1. The van der Waals surface area contributed by atoms with Crippen LogP contribution in [0.15, 0.2) is 23.1 Å². The van der Waals surface area contributed by atoms with E-state index in [1.165, 1.54) is 6.26 Å². The molecule has 2 rings (SSSR count). The standard InChI is InChI=1S/C14H21N3O2S/c1-10(2)15-8-4-5-14-16-12-7-6-11(20(3,18)19)9-13(12)17-14/h6-7,9-10,15H,4-5,8H2,1-3H3,(H,16,17). The van der Waals surface area contributed by atoms with E-state index in [4.69, 9.17) is 0 Å². The molecule has 6 heteroatoms. The van der Waals surface area contributed by atoms with Crippen LogP contribution in [0.25, 0.3) is 11.0 Å². The van der Waals surface area contributed by atoms with E-state index in [-0.39, 0.29) is 0 Å². The number of nitrogens with zero attached hydrogens (tertiary/aromatic N) is 1. The third-order valence-electron chi connectivity index (χ3n) is 3.07. The van der Waals surface area contributed by atoms with Gasteiger partial charge in [-0.05, 0) is 31.2 Å². The highest BCUT2D eigenvalue weighted by Crippen LogP contribution is 2.17. The zero-order chi connectivity index (χ0) is 14.8. The lowest BCUT2D eigenvalue weighted by Gasteiger charge is -2.06. The molecule has 0 atom stereocenters. The summed E-state index contributed by atoms with van der Waals surface area (Å²) in [6.45, 7) is 5.19. The van der Waals surface area contributed by atoms with Gasteiger partial charge in [0.25, 0.3) is 0 Å². The largest absolute Gasteiger partial charge is 0.342 e. The first kappa shape index (κ1) is 15.0. The minimum absolute atomic E-state index is 0.321. The highest BCUT2D eigenvalue weighted by molar-refractivity contribution is 7.90. The van der Waals surface area contributed by atoms with Crippen LogP contribution in [0.1, 0.15) is 26.1 Å². The van der Waals surface area contributed by atoms with Crippen molar-refractivity contribution in [3.05, 3.63) is 24.0 Å². The summed E-state index contributed by atoms with van der Waals surface area (Å²) >= 11 is 0. The number of hydrogen-bond donors (Lipinski definition) is 2. The van der Waals surface area contributed by atoms with Crippen molar-refractivity contribution in [2.45, 2.75) is 37.6 Å². The molecule has 0 aliphatic rings. The van der Waals surface area contributed by atoms with Crippen molar-refractivity contribution in [1.82, 2.24) is 15.3 Å². The van der Waals surface area contributed by atoms with Crippen molar-refractivity contribution < 1.29 is 8.42 Å². The van der Waals surface area contributed by atoms with Crippen LogP contribution in [0.2, 0.25) is 0 Å². The Morgan fingerprint density at radius 2 is 2.10 bits per heavy atom. The first-order valence-corrected chi connectivity index (χ1v) is 8.67. The van der Waals surface area contributed by atoms with Gasteiger partial charge in [0.2, 0.25) is 0 Å². The van der Waals surface area contributed by atoms with Gasteiger partial charge >= 0.3 is 0 Å². The number of H-pyrrole nitrogens is 1. The second-order valence-electron chi connectivity index (χ2n) is 5.35. The monoisotopic (exact) mass is 295 g/mol. The number of imidazole rings is 1. The lowest BCUT2D eigenvalue weighted by Crippen LogP contribution is -2.24. The van der Waals surface area contributed by atoms with Crippen LogP contribution in [0.4, 0.5) is 0 Å². The molecule has 1 aromatic carbocycles. The molecule has 2 aromatic rings. The smallest absolute Gasteiger partial charge is 0.175 e. The summed E-state index contributed by atoms with van der Waals surface area (Å²) in [5.74, 6) is 0.899. The molecule has 0 bridgehead atoms. The van der Waals surface area contributed by atoms with Crippen molar-refractivity contribution in [3.63, 3.8) is 0 Å². The molecule has 0 saturated heterocycles. The maximum Gasteiger partial charge on any atom is 0.175 e. The summed E-state index contributed by atoms with van der Waals surface area (Å²) in [6.07, 6.45) is 3.06. The molecule has 2 N–H and O–H groups in total. The van der Waals surface area contributed by atoms with Gasteiger partial charge in [0, 0.05) is 18.7 Å². The maximum atomic E-state index is 11.5. The molecule has 1 aromatic heterocycles. The van der Waals surface area contributed by atoms with Crippen LogP contribution < -0.4 is 5.32 Å². The van der Waals surface area contributed by atoms with Gasteiger partial charge in [-0.3, -0.25) is 0 Å². The Labute approximate surface area is 119 Å². The third kappa shape index (κ3) is 3.80. The van der Waals surface area contributed by atoms with Crippen molar-refractivity contribution in [2.75, 3.05) is 12.8 Å². The Morgan fingerprint density at radius 1 is 1.35 bits per heavy atom. The number of hydrogen-bond acceptors (Lipinski definition) is 4. The highest BCUT2D eigenvalue weighted by Gasteiger charge is 2.10. The first-order chi connectivity index (χ1) is 9.36. The van der Waals surface area contributed by atoms with E-state index in [2.05, 4.69) is 29.1 Å². The van der Waals surface area contributed by atoms with E-state index in [0.717, 1.165) is 36.2 Å². The Kier molecular flexibility index (Phi) is 4.45. The molecular weight excluding hydrogens is 274 g/mol. The molecule has 0 fully saturated rings. The molecule has 20 heavy (non-hydrogen) atoms. The third-order valence-corrected chi connectivity index (χ3v) is 4.18. The van der Waals surface area contributed by atoms with Gasteiger partial charge in [-0.2, -0.15) is 0 Å². The van der Waals surface area contributed by atoms with Gasteiger partial charge in [-0.15, -0.1) is 0 Å². The summed E-state index contributed by atoms with van der Waals surface area (Å²) in [5, 5.41) is 3.36. The fourth-order valence-electron chi connectivity index (χ4n) is 2.04. The molecule has 0 spiro atoms. The molecule has 0 aliphatic heterocycles. The Bertz CT molecular complexity index is 690. The van der Waals surface area contributed by atoms with E-state index in [1.54, 1.807) is 18.2 Å². The summed E-state index contributed by atoms with van der Waals surface area (Å²) < 4.78 is 23.0. The summed E-state index contributed by atoms with van der Waals surface area (Å²) in [5.41, 5.74) is 1.59. The number of rotatable bonds is 6. The van der Waals surface area contributed by atoms with E-state index in [0.29, 0.717) is 10.9 Å². The molecule has 0 saturated carbocycles. The van der Waals surface area contributed by atoms with Crippen LogP contribution in [-0.2, 0) is 16.3 Å². The molecule has 0 unspecified atom stereocenters. The van der Waals surface area contributed by atoms with Crippen LogP contribution in [0.5, 0.6) is 0 Å². The maximum absolute atomic E-state index is 11.5. The number of fused-ring (bicyclic) bond motifs is 1. The minimum atomic E-state index is -3.17. The molecule has 0 radical (unpaired) electrons. The predicted molar refractivity (Wildman–Crippen MR) is 80.7 cm³/mol. The second-order valence-corrected chi connectivity index (χ2v) is 7.36. The van der Waals surface area contributed by atoms with Gasteiger partial charge in [0.05, 0.1) is 15.9 Å². The van der Waals surface area contributed by atoms with Crippen molar-refractivity contribution in [1.29, 1.82) is 0 Å². The van der Waals surface area contributed by atoms with Crippen molar-refractivity contribution in [2.24, 2.45) is 0 Å². The zero-order valence-electron chi connectivity index (χ0n) is 12.1. The number of sulfone groups is 1. The van der Waals surface area contributed by atoms with Crippen molar-refractivity contribution >= 4 is 20.9 Å². The molecular formula is C14H21N3O2S. The first-order valence-electron chi connectivity index (χ1n) is 6.78. The molecule has 1 heterocycles. The van der Waals surface area contributed by atoms with Gasteiger partial charge < -0.3 is 10.3 Å². The Morgan fingerprint density at radius 3 is 2.75 bits per heavy atom. The number of aryl methyl sites for hydroxylation is 1. The molecule has 0 aliphatic carbocycles. The molecule has 110 valence electrons. The Balaban J connectivity index is 2.09. The van der Waals surface area contributed by atoms with Crippen molar-refractivity contribution in [3.8, 4) is 0 Å². The van der Waals surface area contributed by atoms with Crippen LogP contribution in [-0.4, -0.2) is 37.2 Å². The van der Waals surface area contributed by atoms with E-state index >= 15 is 0 Å². The zero-order valence-corrected chi connectivity index (χ0v) is 12.9. The topological polar surface area (TPSA) is 74.8 Å². The number of aromatic nitrogens is 2. The average molecular weight is 295 g/mol. The normalized spacial score (nSPS) is 12.4. The van der Waals surface area contributed by atoms with Gasteiger partial charge in [-0.1, -0.05) is 13.8 Å². The lowest BCUT2D eigenvalue weighted by molar-refractivity contribution is 0.567. The van der Waals surface area contributed by atoms with Gasteiger partial charge in [-0.25, -0.2) is 13.4 Å². The molecule has 5 nitrogen and oxygen atoms in total. The summed E-state index contributed by atoms with van der Waals surface area (Å²) in [4.78, 5) is 7.99. The minimum Gasteiger partial charge on any atom is -0.342 e. The Hall–Kier alpha value is -1.40. The number of nitrogens with one attached hydrogen (secondary N) is 2. The fourth-order valence-corrected chi connectivity index (χ4v) is 2.68. The van der Waals surface area contributed by atoms with Gasteiger partial charge in [0.15, 0.2) is 9.84 Å². The second kappa shape index (κ2) is 5.93. The van der Waals surface area contributed by atoms with Gasteiger partial charge in [0.1, 0.15) is 5.82 Å². The summed E-state index contributed by atoms with van der Waals surface area (Å²) in [6, 6.07) is 5.48. The van der Waals surface area contributed by atoms with Crippen LogP contribution in [0, 0.1) is 0 Å². The lowest BCUT2D eigenvalue weighted by atomic mass is 10.3. The van der Waals surface area contributed by atoms with Crippen LogP contribution in [0.3, 0.4) is 0 Å². The number of aromatic amines is 1. The van der Waals surface area contributed by atoms with E-state index in [1.807, 2.05) is 0 Å². The predicted octanol–water partition coefficient (Wildman–Crippen LogP) is 1.90. The highest BCUT2D eigenvalue weighted by atomic mass is 32.2. The fraction of sp³-hybridized carbons (Fsp3) is 0.500. The van der Waals surface area contributed by atoms with Crippen LogP contribution >= 0.6 is 0 Å². The van der Waals surface area contributed by atoms with E-state index in [9.17, 15) is 8.42 Å². The molecule has 0 amide bonds. The quantitative estimate of drug-likeness (QED) is 0.798. The average Bonchev–Trinajstić information content (AvgIpc) is 2.74.